The van der Waals surface area contributed by atoms with E-state index in [4.69, 9.17) is 4.74 Å². The van der Waals surface area contributed by atoms with E-state index in [0.717, 1.165) is 31.1 Å². The van der Waals surface area contributed by atoms with Crippen molar-refractivity contribution in [1.29, 1.82) is 0 Å². The maximum absolute atomic E-state index is 13.5. The molecule has 0 fully saturated rings. The summed E-state index contributed by atoms with van der Waals surface area (Å²) < 4.78 is 31.4. The van der Waals surface area contributed by atoms with Gasteiger partial charge >= 0.3 is 0 Å². The Morgan fingerprint density at radius 1 is 1.32 bits per heavy atom. The topological polar surface area (TPSA) is 21.3 Å². The lowest BCUT2D eigenvalue weighted by atomic mass is 10.0. The van der Waals surface area contributed by atoms with E-state index in [9.17, 15) is 8.78 Å². The van der Waals surface area contributed by atoms with E-state index in [2.05, 4.69) is 5.32 Å². The van der Waals surface area contributed by atoms with Crippen LogP contribution in [0.3, 0.4) is 0 Å². The molecule has 0 bridgehead atoms. The van der Waals surface area contributed by atoms with Crippen LogP contribution in [0, 0.1) is 11.6 Å². The second-order valence-electron chi connectivity index (χ2n) is 4.47. The van der Waals surface area contributed by atoms with Crippen LogP contribution in [0.5, 0.6) is 0 Å². The molecule has 0 saturated carbocycles. The average molecular weight is 269 g/mol. The molecule has 2 nitrogen and oxygen atoms in total. The Balaban J connectivity index is 2.37. The van der Waals surface area contributed by atoms with Gasteiger partial charge in [-0.25, -0.2) is 8.78 Å². The van der Waals surface area contributed by atoms with Gasteiger partial charge in [-0.05, 0) is 37.9 Å². The summed E-state index contributed by atoms with van der Waals surface area (Å²) >= 11 is 0. The summed E-state index contributed by atoms with van der Waals surface area (Å²) in [5, 5.41) is 3.22. The van der Waals surface area contributed by atoms with Crippen LogP contribution >= 0.6 is 0 Å². The number of rotatable bonds is 8. The quantitative estimate of drug-likeness (QED) is 0.578. The molecule has 0 amide bonds. The third-order valence-electron chi connectivity index (χ3n) is 2.80. The average Bonchev–Trinajstić information content (AvgIpc) is 2.39. The van der Waals surface area contributed by atoms with Gasteiger partial charge in [0.15, 0.2) is 11.6 Å². The van der Waals surface area contributed by atoms with Gasteiger partial charge in [0.1, 0.15) is 0 Å². The molecule has 0 radical (unpaired) electrons. The van der Waals surface area contributed by atoms with E-state index in [1.807, 2.05) is 13.0 Å². The molecule has 1 aromatic rings. The molecule has 4 heteroatoms. The molecule has 1 N–H and O–H groups in total. The fourth-order valence-corrected chi connectivity index (χ4v) is 1.78. The zero-order valence-electron chi connectivity index (χ0n) is 11.5. The molecule has 0 atom stereocenters. The Hall–Kier alpha value is -1.26. The maximum atomic E-state index is 13.5. The van der Waals surface area contributed by atoms with Gasteiger partial charge < -0.3 is 10.1 Å². The predicted molar refractivity (Wildman–Crippen MR) is 73.2 cm³/mol. The summed E-state index contributed by atoms with van der Waals surface area (Å²) in [6.45, 7) is 4.30. The van der Waals surface area contributed by atoms with Gasteiger partial charge in [-0.2, -0.15) is 0 Å². The van der Waals surface area contributed by atoms with Gasteiger partial charge in [0.05, 0.1) is 6.61 Å². The normalized spacial score (nSPS) is 11.9. The Morgan fingerprint density at radius 2 is 2.11 bits per heavy atom. The lowest BCUT2D eigenvalue weighted by Crippen LogP contribution is -2.19. The second kappa shape index (κ2) is 8.77. The van der Waals surface area contributed by atoms with Crippen molar-refractivity contribution < 1.29 is 13.5 Å². The van der Waals surface area contributed by atoms with Crippen molar-refractivity contribution in [3.63, 3.8) is 0 Å². The van der Waals surface area contributed by atoms with Crippen LogP contribution in [0.25, 0.3) is 0 Å². The van der Waals surface area contributed by atoms with Crippen LogP contribution in [0.2, 0.25) is 0 Å². The molecule has 1 aromatic carbocycles. The van der Waals surface area contributed by atoms with E-state index < -0.39 is 11.6 Å². The fraction of sp³-hybridized carbons (Fsp3) is 0.467. The molecule has 106 valence electrons. The minimum atomic E-state index is -0.786. The zero-order valence-corrected chi connectivity index (χ0v) is 11.5. The molecule has 0 aliphatic heterocycles. The van der Waals surface area contributed by atoms with E-state index in [-0.39, 0.29) is 0 Å². The second-order valence-corrected chi connectivity index (χ2v) is 4.47. The third-order valence-corrected chi connectivity index (χ3v) is 2.80. The van der Waals surface area contributed by atoms with Gasteiger partial charge in [-0.15, -0.1) is 0 Å². The largest absolute Gasteiger partial charge is 0.383 e. The van der Waals surface area contributed by atoms with Crippen LogP contribution in [-0.4, -0.2) is 26.8 Å². The summed E-state index contributed by atoms with van der Waals surface area (Å²) in [5.41, 5.74) is 1.44. The highest BCUT2D eigenvalue weighted by Crippen LogP contribution is 2.15. The van der Waals surface area contributed by atoms with Gasteiger partial charge in [-0.1, -0.05) is 23.8 Å². The highest BCUT2D eigenvalue weighted by atomic mass is 19.2. The number of ether oxygens (including phenoxy) is 1. The summed E-state index contributed by atoms with van der Waals surface area (Å²) in [5.74, 6) is -1.53. The molecule has 19 heavy (non-hydrogen) atoms. The first-order chi connectivity index (χ1) is 9.15. The van der Waals surface area contributed by atoms with E-state index in [0.29, 0.717) is 18.6 Å². The summed E-state index contributed by atoms with van der Waals surface area (Å²) in [6.07, 6.45) is 3.36. The van der Waals surface area contributed by atoms with E-state index >= 15 is 0 Å². The van der Waals surface area contributed by atoms with Crippen LogP contribution in [0.1, 0.15) is 18.9 Å². The first-order valence-electron chi connectivity index (χ1n) is 6.43. The number of hydrogen-bond donors (Lipinski definition) is 1. The molecule has 0 aliphatic carbocycles. The van der Waals surface area contributed by atoms with Crippen molar-refractivity contribution in [3.05, 3.63) is 47.0 Å². The number of benzene rings is 1. The first-order valence-corrected chi connectivity index (χ1v) is 6.43. The number of allylic oxidation sites excluding steroid dienone is 1. The Labute approximate surface area is 113 Å². The lowest BCUT2D eigenvalue weighted by Gasteiger charge is -2.05. The van der Waals surface area contributed by atoms with Gasteiger partial charge in [-0.3, -0.25) is 0 Å². The van der Waals surface area contributed by atoms with Crippen molar-refractivity contribution in [2.24, 2.45) is 0 Å². The summed E-state index contributed by atoms with van der Waals surface area (Å²) in [6, 6.07) is 4.29. The van der Waals surface area contributed by atoms with Crippen LogP contribution in [0.4, 0.5) is 8.78 Å². The Morgan fingerprint density at radius 3 is 2.84 bits per heavy atom. The number of nitrogens with one attached hydrogen (secondary N) is 1. The van der Waals surface area contributed by atoms with Crippen molar-refractivity contribution in [2.45, 2.75) is 19.8 Å². The monoisotopic (exact) mass is 269 g/mol. The minimum Gasteiger partial charge on any atom is -0.383 e. The molecular formula is C15H21F2NO. The smallest absolute Gasteiger partial charge is 0.162 e. The molecular weight excluding hydrogens is 248 g/mol. The molecule has 0 heterocycles. The van der Waals surface area contributed by atoms with Crippen LogP contribution < -0.4 is 5.32 Å². The molecule has 0 aliphatic rings. The molecule has 0 aromatic heterocycles. The van der Waals surface area contributed by atoms with Crippen molar-refractivity contribution in [2.75, 3.05) is 26.8 Å². The highest BCUT2D eigenvalue weighted by molar-refractivity contribution is 5.23. The maximum Gasteiger partial charge on any atom is 0.162 e. The lowest BCUT2D eigenvalue weighted by molar-refractivity contribution is 0.199. The molecule has 0 saturated heterocycles. The van der Waals surface area contributed by atoms with Crippen molar-refractivity contribution >= 4 is 0 Å². The Bertz CT molecular complexity index is 419. The summed E-state index contributed by atoms with van der Waals surface area (Å²) in [4.78, 5) is 0. The minimum absolute atomic E-state index is 0.404. The van der Waals surface area contributed by atoms with Crippen molar-refractivity contribution in [3.8, 4) is 0 Å². The van der Waals surface area contributed by atoms with Crippen molar-refractivity contribution in [1.82, 2.24) is 5.32 Å². The predicted octanol–water partition coefficient (Wildman–Crippen LogP) is 3.08. The molecule has 0 unspecified atom stereocenters. The number of halogens is 2. The van der Waals surface area contributed by atoms with Crippen LogP contribution in [-0.2, 0) is 11.2 Å². The number of methoxy groups -OCH3 is 1. The SMILES string of the molecule is COCCNCCC=C(C)Cc1cccc(F)c1F. The van der Waals surface area contributed by atoms with Gasteiger partial charge in [0, 0.05) is 13.7 Å². The zero-order chi connectivity index (χ0) is 14.1. The number of hydrogen-bond acceptors (Lipinski definition) is 2. The molecule has 1 rings (SSSR count). The van der Waals surface area contributed by atoms with Crippen LogP contribution in [0.15, 0.2) is 29.8 Å². The standard InChI is InChI=1S/C15H21F2NO/c1-12(5-4-8-18-9-10-19-2)11-13-6-3-7-14(16)15(13)17/h3,5-7,18H,4,8-11H2,1-2H3. The van der Waals surface area contributed by atoms with E-state index in [1.54, 1.807) is 13.2 Å². The third kappa shape index (κ3) is 5.94. The molecule has 0 spiro atoms. The van der Waals surface area contributed by atoms with E-state index in [1.165, 1.54) is 6.07 Å². The Kier molecular flexibility index (Phi) is 7.30. The van der Waals surface area contributed by atoms with Gasteiger partial charge in [0.2, 0.25) is 0 Å². The fourth-order valence-electron chi connectivity index (χ4n) is 1.78. The summed E-state index contributed by atoms with van der Waals surface area (Å²) in [7, 11) is 1.67. The van der Waals surface area contributed by atoms with Gasteiger partial charge in [0.25, 0.3) is 0 Å². The highest BCUT2D eigenvalue weighted by Gasteiger charge is 2.07. The first kappa shape index (κ1) is 15.8.